The average molecular weight is 127 g/mol. The van der Waals surface area contributed by atoms with Crippen molar-refractivity contribution in [2.24, 2.45) is 0 Å². The number of carboxylic acids is 1. The molecule has 1 saturated heterocycles. The summed E-state index contributed by atoms with van der Waals surface area (Å²) in [6, 6.07) is -0.391. The summed E-state index contributed by atoms with van der Waals surface area (Å²) >= 11 is 0. The second-order valence-electron chi connectivity index (χ2n) is 2.23. The van der Waals surface area contributed by atoms with Crippen molar-refractivity contribution >= 4 is 5.97 Å². The molecule has 0 bridgehead atoms. The van der Waals surface area contributed by atoms with E-state index in [1.165, 1.54) is 0 Å². The monoisotopic (exact) mass is 127 g/mol. The minimum atomic E-state index is -0.784. The Bertz CT molecular complexity index is 153. The highest BCUT2D eigenvalue weighted by Crippen LogP contribution is 2.09. The number of carbonyl (C=O) groups is 1. The minimum Gasteiger partial charge on any atom is -0.480 e. The first-order chi connectivity index (χ1) is 4.20. The highest BCUT2D eigenvalue weighted by Gasteiger charge is 2.22. The van der Waals surface area contributed by atoms with Gasteiger partial charge in [0.05, 0.1) is 0 Å². The van der Waals surface area contributed by atoms with E-state index < -0.39 is 12.0 Å². The molecule has 1 fully saturated rings. The molecule has 0 saturated carbocycles. The van der Waals surface area contributed by atoms with Crippen molar-refractivity contribution in [3.05, 3.63) is 12.2 Å². The lowest BCUT2D eigenvalue weighted by molar-refractivity contribution is -0.138. The van der Waals surface area contributed by atoms with Gasteiger partial charge in [-0.2, -0.15) is 0 Å². The summed E-state index contributed by atoms with van der Waals surface area (Å²) in [6.45, 7) is 4.31. The summed E-state index contributed by atoms with van der Waals surface area (Å²) in [5.41, 5.74) is 0.974. The van der Waals surface area contributed by atoms with Crippen LogP contribution in [0.3, 0.4) is 0 Å². The summed E-state index contributed by atoms with van der Waals surface area (Å²) in [5.74, 6) is -0.784. The molecule has 0 amide bonds. The molecule has 9 heavy (non-hydrogen) atoms. The van der Waals surface area contributed by atoms with Crippen molar-refractivity contribution in [1.29, 1.82) is 0 Å². The number of nitrogens with one attached hydrogen (secondary N) is 1. The van der Waals surface area contributed by atoms with Gasteiger partial charge in [-0.05, 0) is 6.42 Å². The smallest absolute Gasteiger partial charge is 0.321 e. The molecule has 1 heterocycles. The fraction of sp³-hybridized carbons (Fsp3) is 0.500. The largest absolute Gasteiger partial charge is 0.480 e. The molecule has 1 aliphatic rings. The van der Waals surface area contributed by atoms with Crippen LogP contribution < -0.4 is 5.32 Å². The van der Waals surface area contributed by atoms with E-state index in [4.69, 9.17) is 5.11 Å². The van der Waals surface area contributed by atoms with Crippen molar-refractivity contribution < 1.29 is 9.90 Å². The first-order valence-electron chi connectivity index (χ1n) is 2.83. The Morgan fingerprint density at radius 3 is 2.78 bits per heavy atom. The molecule has 1 atom stereocenters. The van der Waals surface area contributed by atoms with Crippen LogP contribution in [0.2, 0.25) is 0 Å². The zero-order valence-electron chi connectivity index (χ0n) is 5.05. The highest BCUT2D eigenvalue weighted by atomic mass is 16.4. The van der Waals surface area contributed by atoms with E-state index in [1.54, 1.807) is 0 Å². The van der Waals surface area contributed by atoms with Gasteiger partial charge in [-0.1, -0.05) is 12.2 Å². The summed E-state index contributed by atoms with van der Waals surface area (Å²) in [5, 5.41) is 11.2. The zero-order valence-corrected chi connectivity index (χ0v) is 5.05. The van der Waals surface area contributed by atoms with Gasteiger partial charge in [0, 0.05) is 6.54 Å². The topological polar surface area (TPSA) is 49.3 Å². The lowest BCUT2D eigenvalue weighted by Crippen LogP contribution is -2.29. The molecule has 3 nitrogen and oxygen atoms in total. The Kier molecular flexibility index (Phi) is 1.53. The zero-order chi connectivity index (χ0) is 6.85. The van der Waals surface area contributed by atoms with Gasteiger partial charge < -0.3 is 10.4 Å². The molecule has 0 aromatic carbocycles. The molecule has 2 N–H and O–H groups in total. The van der Waals surface area contributed by atoms with Crippen molar-refractivity contribution in [2.45, 2.75) is 12.5 Å². The van der Waals surface area contributed by atoms with E-state index in [2.05, 4.69) is 11.9 Å². The second-order valence-corrected chi connectivity index (χ2v) is 2.23. The molecule has 3 heteroatoms. The molecular formula is C6H9NO2. The van der Waals surface area contributed by atoms with E-state index in [9.17, 15) is 4.79 Å². The Labute approximate surface area is 53.4 Å². The van der Waals surface area contributed by atoms with Gasteiger partial charge in [-0.25, -0.2) is 0 Å². The Morgan fingerprint density at radius 2 is 2.56 bits per heavy atom. The molecule has 0 aliphatic carbocycles. The predicted octanol–water partition coefficient (Wildman–Crippen LogP) is -0.0109. The van der Waals surface area contributed by atoms with Crippen LogP contribution in [0, 0.1) is 0 Å². The van der Waals surface area contributed by atoms with Gasteiger partial charge in [0.15, 0.2) is 0 Å². The molecule has 50 valence electrons. The number of aliphatic carboxylic acids is 1. The third-order valence-corrected chi connectivity index (χ3v) is 1.39. The fourth-order valence-electron chi connectivity index (χ4n) is 0.875. The summed E-state index contributed by atoms with van der Waals surface area (Å²) < 4.78 is 0. The van der Waals surface area contributed by atoms with E-state index in [1.807, 2.05) is 0 Å². The molecule has 1 aliphatic heterocycles. The molecule has 1 rings (SSSR count). The summed E-state index contributed by atoms with van der Waals surface area (Å²) in [6.07, 6.45) is 0.579. The number of carboxylic acid groups (broad SMARTS) is 1. The second kappa shape index (κ2) is 2.19. The standard InChI is InChI=1S/C6H9NO2/c1-4-2-5(6(8)9)7-3-4/h5,7H,1-3H2,(H,8,9)/t5-/m0/s1. The molecule has 0 aromatic rings. The van der Waals surface area contributed by atoms with Crippen LogP contribution in [0.25, 0.3) is 0 Å². The first kappa shape index (κ1) is 6.29. The maximum Gasteiger partial charge on any atom is 0.321 e. The van der Waals surface area contributed by atoms with Crippen molar-refractivity contribution in [3.8, 4) is 0 Å². The lowest BCUT2D eigenvalue weighted by atomic mass is 10.2. The third kappa shape index (κ3) is 1.29. The van der Waals surface area contributed by atoms with Crippen LogP contribution in [-0.2, 0) is 4.79 Å². The van der Waals surface area contributed by atoms with Crippen molar-refractivity contribution in [3.63, 3.8) is 0 Å². The van der Waals surface area contributed by atoms with Crippen LogP contribution >= 0.6 is 0 Å². The van der Waals surface area contributed by atoms with Gasteiger partial charge in [0.2, 0.25) is 0 Å². The summed E-state index contributed by atoms with van der Waals surface area (Å²) in [4.78, 5) is 10.2. The maximum atomic E-state index is 10.2. The quantitative estimate of drug-likeness (QED) is 0.487. The van der Waals surface area contributed by atoms with Crippen LogP contribution in [0.4, 0.5) is 0 Å². The van der Waals surface area contributed by atoms with Gasteiger partial charge in [0.1, 0.15) is 6.04 Å². The van der Waals surface area contributed by atoms with E-state index >= 15 is 0 Å². The molecular weight excluding hydrogens is 118 g/mol. The predicted molar refractivity (Wildman–Crippen MR) is 33.2 cm³/mol. The Hall–Kier alpha value is -0.830. The first-order valence-corrected chi connectivity index (χ1v) is 2.83. The molecule has 0 unspecified atom stereocenters. The van der Waals surface area contributed by atoms with E-state index in [0.717, 1.165) is 5.57 Å². The number of rotatable bonds is 1. The van der Waals surface area contributed by atoms with Gasteiger partial charge in [0.25, 0.3) is 0 Å². The van der Waals surface area contributed by atoms with E-state index in [-0.39, 0.29) is 0 Å². The fourth-order valence-corrected chi connectivity index (χ4v) is 0.875. The third-order valence-electron chi connectivity index (χ3n) is 1.39. The average Bonchev–Trinajstić information content (AvgIpc) is 2.14. The normalized spacial score (nSPS) is 26.7. The summed E-state index contributed by atoms with van der Waals surface area (Å²) in [7, 11) is 0. The van der Waals surface area contributed by atoms with Crippen LogP contribution in [0.5, 0.6) is 0 Å². The molecule has 0 aromatic heterocycles. The van der Waals surface area contributed by atoms with Crippen LogP contribution in [0.1, 0.15) is 6.42 Å². The highest BCUT2D eigenvalue weighted by molar-refractivity contribution is 5.74. The Balaban J connectivity index is 2.48. The van der Waals surface area contributed by atoms with Crippen LogP contribution in [0.15, 0.2) is 12.2 Å². The van der Waals surface area contributed by atoms with Crippen molar-refractivity contribution in [2.75, 3.05) is 6.54 Å². The van der Waals surface area contributed by atoms with Gasteiger partial charge in [-0.15, -0.1) is 0 Å². The van der Waals surface area contributed by atoms with Crippen LogP contribution in [-0.4, -0.2) is 23.7 Å². The van der Waals surface area contributed by atoms with Crippen molar-refractivity contribution in [1.82, 2.24) is 5.32 Å². The molecule has 0 radical (unpaired) electrons. The van der Waals surface area contributed by atoms with Gasteiger partial charge in [-0.3, -0.25) is 4.79 Å². The SMILES string of the molecule is C=C1CN[C@H](C(=O)O)C1. The number of hydrogen-bond donors (Lipinski definition) is 2. The Morgan fingerprint density at radius 1 is 1.89 bits per heavy atom. The lowest BCUT2D eigenvalue weighted by Gasteiger charge is -1.99. The van der Waals surface area contributed by atoms with E-state index in [0.29, 0.717) is 13.0 Å². The maximum absolute atomic E-state index is 10.2. The molecule has 0 spiro atoms. The number of hydrogen-bond acceptors (Lipinski definition) is 2. The van der Waals surface area contributed by atoms with Gasteiger partial charge >= 0.3 is 5.97 Å². The minimum absolute atomic E-state index is 0.391.